The van der Waals surface area contributed by atoms with Crippen LogP contribution in [0, 0.1) is 13.8 Å². The highest BCUT2D eigenvalue weighted by molar-refractivity contribution is 7.15. The molecule has 0 unspecified atom stereocenters. The Balaban J connectivity index is 1.77. The van der Waals surface area contributed by atoms with E-state index in [2.05, 4.69) is 37.9 Å². The van der Waals surface area contributed by atoms with Crippen LogP contribution in [0.3, 0.4) is 0 Å². The van der Waals surface area contributed by atoms with E-state index in [0.29, 0.717) is 21.7 Å². The van der Waals surface area contributed by atoms with Crippen molar-refractivity contribution in [3.63, 3.8) is 0 Å². The molecule has 2 aromatic carbocycles. The fourth-order valence-electron chi connectivity index (χ4n) is 4.16. The van der Waals surface area contributed by atoms with Crippen LogP contribution in [0.1, 0.15) is 64.6 Å². The first-order chi connectivity index (χ1) is 15.2. The lowest BCUT2D eigenvalue weighted by Gasteiger charge is -2.24. The summed E-state index contributed by atoms with van der Waals surface area (Å²) < 4.78 is 6.00. The largest absolute Gasteiger partial charge is 0.450 e. The molecule has 2 aromatic heterocycles. The molecule has 1 aliphatic rings. The number of nitrogens with zero attached hydrogens (tertiary/aromatic N) is 2. The molecule has 0 spiro atoms. The summed E-state index contributed by atoms with van der Waals surface area (Å²) in [5.41, 5.74) is 3.54. The summed E-state index contributed by atoms with van der Waals surface area (Å²) >= 11 is 1.45. The maximum absolute atomic E-state index is 13.6. The van der Waals surface area contributed by atoms with Crippen LogP contribution >= 0.6 is 11.3 Å². The van der Waals surface area contributed by atoms with E-state index in [4.69, 9.17) is 4.42 Å². The van der Waals surface area contributed by atoms with Crippen molar-refractivity contribution in [3.8, 4) is 0 Å². The maximum atomic E-state index is 13.6. The van der Waals surface area contributed by atoms with Crippen LogP contribution in [-0.2, 0) is 5.41 Å². The minimum atomic E-state index is -0.586. The van der Waals surface area contributed by atoms with Gasteiger partial charge in [-0.05, 0) is 42.5 Å². The third kappa shape index (κ3) is 3.09. The number of hydrogen-bond acceptors (Lipinski definition) is 5. The van der Waals surface area contributed by atoms with Crippen LogP contribution in [0.15, 0.2) is 57.7 Å². The predicted octanol–water partition coefficient (Wildman–Crippen LogP) is 5.91. The SMILES string of the molecule is Cc1nc(N2C(=O)c3oc4ccccc4c(=O)c3[C@@H]2c2ccc(C(C)(C)C)cc2)sc1C. The molecule has 162 valence electrons. The fourth-order valence-corrected chi connectivity index (χ4v) is 5.09. The Bertz CT molecular complexity index is 1400. The lowest BCUT2D eigenvalue weighted by Crippen LogP contribution is -2.29. The molecule has 4 aromatic rings. The van der Waals surface area contributed by atoms with Gasteiger partial charge in [0.25, 0.3) is 5.91 Å². The lowest BCUT2D eigenvalue weighted by atomic mass is 9.86. The van der Waals surface area contributed by atoms with Crippen LogP contribution in [0.25, 0.3) is 11.0 Å². The highest BCUT2D eigenvalue weighted by Crippen LogP contribution is 2.43. The molecular weight excluding hydrogens is 420 g/mol. The van der Waals surface area contributed by atoms with Gasteiger partial charge in [-0.25, -0.2) is 4.98 Å². The zero-order valence-electron chi connectivity index (χ0n) is 18.7. The van der Waals surface area contributed by atoms with Crippen LogP contribution in [0.5, 0.6) is 0 Å². The van der Waals surface area contributed by atoms with Crippen molar-refractivity contribution in [3.05, 3.63) is 91.8 Å². The standard InChI is InChI=1S/C26H24N2O3S/c1-14-15(2)32-25(27-14)28-21(16-10-12-17(13-11-16)26(3,4)5)20-22(29)18-8-6-7-9-19(18)31-23(20)24(28)30/h6-13,21H,1-5H3/t21-/m0/s1. The summed E-state index contributed by atoms with van der Waals surface area (Å²) in [5.74, 6) is -0.231. The summed E-state index contributed by atoms with van der Waals surface area (Å²) in [6.07, 6.45) is 0. The third-order valence-electron chi connectivity index (χ3n) is 6.09. The van der Waals surface area contributed by atoms with E-state index in [1.54, 1.807) is 29.2 Å². The molecule has 0 radical (unpaired) electrons. The molecule has 0 saturated carbocycles. The average molecular weight is 445 g/mol. The Morgan fingerprint density at radius 3 is 2.31 bits per heavy atom. The average Bonchev–Trinajstić information content (AvgIpc) is 3.24. The predicted molar refractivity (Wildman–Crippen MR) is 128 cm³/mol. The van der Waals surface area contributed by atoms with Crippen molar-refractivity contribution >= 4 is 33.3 Å². The molecule has 0 fully saturated rings. The number of para-hydroxylation sites is 1. The minimum Gasteiger partial charge on any atom is -0.450 e. The van der Waals surface area contributed by atoms with Crippen LogP contribution in [0.4, 0.5) is 5.13 Å². The molecule has 0 saturated heterocycles. The van der Waals surface area contributed by atoms with Crippen molar-refractivity contribution in [1.82, 2.24) is 4.98 Å². The Kier molecular flexibility index (Phi) is 4.60. The highest BCUT2D eigenvalue weighted by atomic mass is 32.1. The fraction of sp³-hybridized carbons (Fsp3) is 0.269. The van der Waals surface area contributed by atoms with E-state index in [-0.39, 0.29) is 22.5 Å². The van der Waals surface area contributed by atoms with E-state index in [9.17, 15) is 9.59 Å². The van der Waals surface area contributed by atoms with Crippen LogP contribution in [0.2, 0.25) is 0 Å². The van der Waals surface area contributed by atoms with E-state index in [1.165, 1.54) is 16.9 Å². The van der Waals surface area contributed by atoms with E-state index in [1.807, 2.05) is 26.0 Å². The van der Waals surface area contributed by atoms with E-state index < -0.39 is 6.04 Å². The number of hydrogen-bond donors (Lipinski definition) is 0. The first-order valence-corrected chi connectivity index (χ1v) is 11.4. The molecule has 32 heavy (non-hydrogen) atoms. The summed E-state index contributed by atoms with van der Waals surface area (Å²) in [7, 11) is 0. The van der Waals surface area contributed by atoms with Gasteiger partial charge in [0.1, 0.15) is 5.58 Å². The number of thiazole rings is 1. The van der Waals surface area contributed by atoms with Crippen molar-refractivity contribution in [2.24, 2.45) is 0 Å². The first-order valence-electron chi connectivity index (χ1n) is 10.6. The molecule has 0 aliphatic carbocycles. The second kappa shape index (κ2) is 7.14. The highest BCUT2D eigenvalue weighted by Gasteiger charge is 2.45. The number of aromatic nitrogens is 1. The Hall–Kier alpha value is -3.25. The summed E-state index contributed by atoms with van der Waals surface area (Å²) in [5, 5.41) is 1.05. The minimum absolute atomic E-state index is 0.000379. The van der Waals surface area contributed by atoms with Crippen LogP contribution in [-0.4, -0.2) is 10.9 Å². The smallest absolute Gasteiger partial charge is 0.297 e. The van der Waals surface area contributed by atoms with Crippen molar-refractivity contribution in [2.45, 2.75) is 46.1 Å². The van der Waals surface area contributed by atoms with Gasteiger partial charge in [-0.3, -0.25) is 14.5 Å². The van der Waals surface area contributed by atoms with E-state index in [0.717, 1.165) is 16.1 Å². The topological polar surface area (TPSA) is 63.4 Å². The quantitative estimate of drug-likeness (QED) is 0.385. The number of carbonyl (C=O) groups excluding carboxylic acids is 1. The van der Waals surface area contributed by atoms with Crippen molar-refractivity contribution in [1.29, 1.82) is 0 Å². The summed E-state index contributed by atoms with van der Waals surface area (Å²) in [6.45, 7) is 10.4. The zero-order chi connectivity index (χ0) is 22.8. The van der Waals surface area contributed by atoms with E-state index >= 15 is 0 Å². The van der Waals surface area contributed by atoms with Crippen molar-refractivity contribution in [2.75, 3.05) is 4.90 Å². The summed E-state index contributed by atoms with van der Waals surface area (Å²) in [4.78, 5) is 34.4. The number of carbonyl (C=O) groups is 1. The first kappa shape index (κ1) is 20.6. The van der Waals surface area contributed by atoms with Gasteiger partial charge in [0, 0.05) is 4.88 Å². The molecule has 3 heterocycles. The monoisotopic (exact) mass is 444 g/mol. The molecule has 1 amide bonds. The number of rotatable bonds is 2. The molecule has 1 atom stereocenters. The normalized spacial score (nSPS) is 16.1. The van der Waals surface area contributed by atoms with Gasteiger partial charge in [0.05, 0.1) is 22.7 Å². The van der Waals surface area contributed by atoms with Gasteiger partial charge in [-0.2, -0.15) is 0 Å². The van der Waals surface area contributed by atoms with Gasteiger partial charge in [0.2, 0.25) is 5.76 Å². The van der Waals surface area contributed by atoms with Gasteiger partial charge < -0.3 is 4.42 Å². The van der Waals surface area contributed by atoms with Gasteiger partial charge in [-0.1, -0.05) is 57.2 Å². The number of fused-ring (bicyclic) bond motifs is 2. The number of aryl methyl sites for hydroxylation is 2. The molecule has 6 heteroatoms. The van der Waals surface area contributed by atoms with Gasteiger partial charge in [0.15, 0.2) is 10.6 Å². The molecular formula is C26H24N2O3S. The molecule has 0 bridgehead atoms. The van der Waals surface area contributed by atoms with Gasteiger partial charge in [-0.15, -0.1) is 11.3 Å². The Morgan fingerprint density at radius 1 is 1.00 bits per heavy atom. The molecule has 5 rings (SSSR count). The number of anilines is 1. The lowest BCUT2D eigenvalue weighted by molar-refractivity contribution is 0.0971. The van der Waals surface area contributed by atoms with Gasteiger partial charge >= 0.3 is 0 Å². The zero-order valence-corrected chi connectivity index (χ0v) is 19.5. The summed E-state index contributed by atoms with van der Waals surface area (Å²) in [6, 6.07) is 14.6. The third-order valence-corrected chi connectivity index (χ3v) is 7.17. The Morgan fingerprint density at radius 2 is 1.69 bits per heavy atom. The van der Waals surface area contributed by atoms with Crippen molar-refractivity contribution < 1.29 is 9.21 Å². The number of benzene rings is 2. The second-order valence-electron chi connectivity index (χ2n) is 9.26. The molecule has 1 aliphatic heterocycles. The maximum Gasteiger partial charge on any atom is 0.297 e. The molecule has 5 nitrogen and oxygen atoms in total. The van der Waals surface area contributed by atoms with Crippen LogP contribution < -0.4 is 10.3 Å². The number of amides is 1. The Labute approximate surface area is 190 Å². The molecule has 0 N–H and O–H groups in total. The second-order valence-corrected chi connectivity index (χ2v) is 10.4.